The molecule has 0 aliphatic carbocycles. The first kappa shape index (κ1) is 18.0. The second-order valence-corrected chi connectivity index (χ2v) is 5.17. The van der Waals surface area contributed by atoms with Gasteiger partial charge in [-0.25, -0.2) is 0 Å². The van der Waals surface area contributed by atoms with Crippen LogP contribution in [-0.4, -0.2) is 55.5 Å². The second kappa shape index (κ2) is 9.05. The molecule has 1 aromatic carbocycles. The Balaban J connectivity index is 2.90. The lowest BCUT2D eigenvalue weighted by molar-refractivity contribution is 0.118. The zero-order valence-corrected chi connectivity index (χ0v) is 13.4. The Morgan fingerprint density at radius 3 is 2.52 bits per heavy atom. The lowest BCUT2D eigenvalue weighted by atomic mass is 9.78. The molecule has 0 amide bonds. The van der Waals surface area contributed by atoms with Crippen molar-refractivity contribution in [3.05, 3.63) is 23.8 Å². The van der Waals surface area contributed by atoms with Crippen LogP contribution in [0.1, 0.15) is 25.8 Å². The summed E-state index contributed by atoms with van der Waals surface area (Å²) in [6.45, 7) is 6.59. The van der Waals surface area contributed by atoms with Crippen molar-refractivity contribution in [2.75, 3.05) is 27.4 Å². The molecule has 0 fully saturated rings. The Labute approximate surface area is 127 Å². The largest absolute Gasteiger partial charge is 0.497 e. The van der Waals surface area contributed by atoms with E-state index in [0.717, 1.165) is 25.1 Å². The van der Waals surface area contributed by atoms with Crippen molar-refractivity contribution >= 4 is 12.6 Å². The summed E-state index contributed by atoms with van der Waals surface area (Å²) < 4.78 is 10.3. The van der Waals surface area contributed by atoms with Gasteiger partial charge < -0.3 is 19.5 Å². The Bertz CT molecular complexity index is 428. The summed E-state index contributed by atoms with van der Waals surface area (Å²) in [4.78, 5) is 2.32. The van der Waals surface area contributed by atoms with Crippen LogP contribution in [0.25, 0.3) is 0 Å². The monoisotopic (exact) mass is 295 g/mol. The molecule has 118 valence electrons. The minimum Gasteiger partial charge on any atom is -0.497 e. The van der Waals surface area contributed by atoms with Crippen LogP contribution in [0.3, 0.4) is 0 Å². The molecule has 0 saturated heterocycles. The van der Waals surface area contributed by atoms with Crippen LogP contribution < -0.4 is 10.2 Å². The highest BCUT2D eigenvalue weighted by Crippen LogP contribution is 2.14. The van der Waals surface area contributed by atoms with E-state index in [1.165, 1.54) is 7.11 Å². The van der Waals surface area contributed by atoms with Crippen LogP contribution in [0.2, 0.25) is 0 Å². The van der Waals surface area contributed by atoms with Gasteiger partial charge in [-0.3, -0.25) is 4.90 Å². The molecule has 0 radical (unpaired) electrons. The van der Waals surface area contributed by atoms with Crippen LogP contribution >= 0.6 is 0 Å². The van der Waals surface area contributed by atoms with Crippen molar-refractivity contribution in [1.29, 1.82) is 0 Å². The molecule has 6 heteroatoms. The van der Waals surface area contributed by atoms with Crippen molar-refractivity contribution in [1.82, 2.24) is 4.90 Å². The fourth-order valence-electron chi connectivity index (χ4n) is 2.24. The molecule has 0 bridgehead atoms. The predicted molar refractivity (Wildman–Crippen MR) is 84.9 cm³/mol. The van der Waals surface area contributed by atoms with Gasteiger partial charge in [-0.2, -0.15) is 0 Å². The third-order valence-electron chi connectivity index (χ3n) is 3.75. The molecule has 1 aromatic rings. The van der Waals surface area contributed by atoms with Crippen LogP contribution in [0.5, 0.6) is 5.75 Å². The van der Waals surface area contributed by atoms with Crippen LogP contribution in [0, 0.1) is 0 Å². The number of benzene rings is 1. The topological polar surface area (TPSA) is 62.2 Å². The van der Waals surface area contributed by atoms with Gasteiger partial charge in [0.25, 0.3) is 0 Å². The van der Waals surface area contributed by atoms with Gasteiger partial charge in [0.05, 0.1) is 13.7 Å². The third-order valence-corrected chi connectivity index (χ3v) is 3.75. The average Bonchev–Trinajstić information content (AvgIpc) is 2.50. The lowest BCUT2D eigenvalue weighted by Gasteiger charge is -2.28. The first-order chi connectivity index (χ1) is 10.0. The quantitative estimate of drug-likeness (QED) is 0.654. The van der Waals surface area contributed by atoms with E-state index in [1.807, 2.05) is 6.07 Å². The molecule has 0 aliphatic rings. The first-order valence-electron chi connectivity index (χ1n) is 7.29. The van der Waals surface area contributed by atoms with Crippen LogP contribution in [0.4, 0.5) is 0 Å². The Hall–Kier alpha value is -1.08. The number of nitrogens with zero attached hydrogens (tertiary/aromatic N) is 1. The summed E-state index contributed by atoms with van der Waals surface area (Å²) in [6, 6.07) is 5.94. The predicted octanol–water partition coefficient (Wildman–Crippen LogP) is 0.622. The van der Waals surface area contributed by atoms with Crippen molar-refractivity contribution in [3.63, 3.8) is 0 Å². The van der Waals surface area contributed by atoms with E-state index in [-0.39, 0.29) is 0 Å². The van der Waals surface area contributed by atoms with Gasteiger partial charge in [0.1, 0.15) is 5.75 Å². The number of ether oxygens (including phenoxy) is 2. The Kier molecular flexibility index (Phi) is 7.74. The van der Waals surface area contributed by atoms with Gasteiger partial charge in [-0.1, -0.05) is 19.1 Å². The molecule has 0 heterocycles. The number of hydrogen-bond donors (Lipinski definition) is 2. The normalized spacial score (nSPS) is 12.5. The highest BCUT2D eigenvalue weighted by Gasteiger charge is 2.19. The maximum Gasteiger partial charge on any atom is 0.492 e. The molecule has 0 saturated carbocycles. The number of rotatable bonds is 9. The average molecular weight is 295 g/mol. The van der Waals surface area contributed by atoms with E-state index in [2.05, 4.69) is 18.7 Å². The van der Waals surface area contributed by atoms with Gasteiger partial charge in [0, 0.05) is 31.7 Å². The van der Waals surface area contributed by atoms with Gasteiger partial charge in [-0.15, -0.1) is 0 Å². The summed E-state index contributed by atoms with van der Waals surface area (Å²) in [7, 11) is 1.68. The highest BCUT2D eigenvalue weighted by atomic mass is 16.5. The van der Waals surface area contributed by atoms with E-state index in [1.54, 1.807) is 19.2 Å². The second-order valence-electron chi connectivity index (χ2n) is 5.17. The first-order valence-corrected chi connectivity index (χ1v) is 7.29. The standard InChI is InChI=1S/C15H26BNO4/c1-5-12(2)17(8-9-20-3)11-13-6-7-15(21-4)14(10-13)16(18)19/h6-7,10,12,18-19H,5,8-9,11H2,1-4H3. The minimum absolute atomic E-state index is 0.394. The van der Waals surface area contributed by atoms with E-state index in [4.69, 9.17) is 9.47 Å². The molecular weight excluding hydrogens is 269 g/mol. The molecule has 0 aromatic heterocycles. The van der Waals surface area contributed by atoms with E-state index in [9.17, 15) is 10.0 Å². The SMILES string of the molecule is CCC(C)N(CCOC)Cc1ccc(OC)c(B(O)O)c1. The fraction of sp³-hybridized carbons (Fsp3) is 0.600. The number of methoxy groups -OCH3 is 2. The van der Waals surface area contributed by atoms with Crippen LogP contribution in [0.15, 0.2) is 18.2 Å². The van der Waals surface area contributed by atoms with Crippen molar-refractivity contribution in [2.24, 2.45) is 0 Å². The molecule has 0 spiro atoms. The minimum atomic E-state index is -1.53. The van der Waals surface area contributed by atoms with E-state index in [0.29, 0.717) is 23.9 Å². The molecule has 1 rings (SSSR count). The molecular formula is C15H26BNO4. The molecule has 21 heavy (non-hydrogen) atoms. The molecule has 2 N–H and O–H groups in total. The maximum atomic E-state index is 9.43. The van der Waals surface area contributed by atoms with Crippen molar-refractivity contribution in [3.8, 4) is 5.75 Å². The van der Waals surface area contributed by atoms with Gasteiger partial charge >= 0.3 is 7.12 Å². The fourth-order valence-corrected chi connectivity index (χ4v) is 2.24. The Morgan fingerprint density at radius 2 is 2.00 bits per heavy atom. The third kappa shape index (κ3) is 5.32. The maximum absolute atomic E-state index is 9.43. The van der Waals surface area contributed by atoms with E-state index >= 15 is 0 Å². The summed E-state index contributed by atoms with van der Waals surface area (Å²) in [5.74, 6) is 0.487. The van der Waals surface area contributed by atoms with Crippen molar-refractivity contribution < 1.29 is 19.5 Å². The molecule has 0 aliphatic heterocycles. The smallest absolute Gasteiger partial charge is 0.492 e. The zero-order valence-electron chi connectivity index (χ0n) is 13.4. The molecule has 5 nitrogen and oxygen atoms in total. The van der Waals surface area contributed by atoms with Crippen molar-refractivity contribution in [2.45, 2.75) is 32.9 Å². The summed E-state index contributed by atoms with van der Waals surface area (Å²) in [5.41, 5.74) is 1.42. The number of hydrogen-bond acceptors (Lipinski definition) is 5. The Morgan fingerprint density at radius 1 is 1.29 bits per heavy atom. The lowest BCUT2D eigenvalue weighted by Crippen LogP contribution is -2.36. The summed E-state index contributed by atoms with van der Waals surface area (Å²) >= 11 is 0. The van der Waals surface area contributed by atoms with Gasteiger partial charge in [-0.05, 0) is 25.0 Å². The summed E-state index contributed by atoms with van der Waals surface area (Å²) in [6.07, 6.45) is 1.05. The molecule has 1 atom stereocenters. The zero-order chi connectivity index (χ0) is 15.8. The van der Waals surface area contributed by atoms with Gasteiger partial charge in [0.15, 0.2) is 0 Å². The molecule has 1 unspecified atom stereocenters. The summed E-state index contributed by atoms with van der Waals surface area (Å²) in [5, 5.41) is 18.9. The highest BCUT2D eigenvalue weighted by molar-refractivity contribution is 6.59. The van der Waals surface area contributed by atoms with Crippen LogP contribution in [-0.2, 0) is 11.3 Å². The van der Waals surface area contributed by atoms with E-state index < -0.39 is 7.12 Å². The van der Waals surface area contributed by atoms with Gasteiger partial charge in [0.2, 0.25) is 0 Å².